The molecule has 0 atom stereocenters. The van der Waals surface area contributed by atoms with Crippen molar-refractivity contribution in [1.82, 2.24) is 0 Å². The summed E-state index contributed by atoms with van der Waals surface area (Å²) in [6.07, 6.45) is 7.03. The van der Waals surface area contributed by atoms with Gasteiger partial charge in [-0.3, -0.25) is 0 Å². The Morgan fingerprint density at radius 2 is 1.26 bits per heavy atom. The van der Waals surface area contributed by atoms with Crippen molar-refractivity contribution in [1.29, 1.82) is 10.5 Å². The third-order valence-electron chi connectivity index (χ3n) is 3.72. The van der Waals surface area contributed by atoms with Crippen LogP contribution >= 0.6 is 0 Å². The van der Waals surface area contributed by atoms with Crippen molar-refractivity contribution in [3.8, 4) is 24.0 Å². The molecule has 0 heterocycles. The highest BCUT2D eigenvalue weighted by Crippen LogP contribution is 2.30. The molecule has 0 fully saturated rings. The second-order valence-corrected chi connectivity index (χ2v) is 7.36. The van der Waals surface area contributed by atoms with Crippen molar-refractivity contribution in [2.24, 2.45) is 0 Å². The normalized spacial score (nSPS) is 10.3. The van der Waals surface area contributed by atoms with Gasteiger partial charge in [-0.05, 0) is 49.2 Å². The minimum absolute atomic E-state index is 0.0585. The first-order chi connectivity index (χ1) is 13.0. The van der Waals surface area contributed by atoms with E-state index in [0.29, 0.717) is 24.0 Å². The maximum Gasteiger partial charge on any atom is 0.292 e. The van der Waals surface area contributed by atoms with E-state index in [1.54, 1.807) is 24.7 Å². The predicted molar refractivity (Wildman–Crippen MR) is 98.6 cm³/mol. The van der Waals surface area contributed by atoms with Crippen LogP contribution in [0.4, 0.5) is 0 Å². The topological polar surface area (TPSA) is 100 Å². The van der Waals surface area contributed by atoms with Crippen molar-refractivity contribution >= 4 is 9.84 Å². The molecule has 136 valence electrons. The van der Waals surface area contributed by atoms with E-state index in [4.69, 9.17) is 20.0 Å². The SMILES string of the molecule is C=CCc1cc(S(=O)(=O)c2ccc(OC#N)c(CC=C)c2)ccc1OC#N. The molecule has 0 saturated carbocycles. The van der Waals surface area contributed by atoms with Gasteiger partial charge in [-0.2, -0.15) is 0 Å². The van der Waals surface area contributed by atoms with E-state index in [0.717, 1.165) is 0 Å². The number of rotatable bonds is 8. The number of hydrogen-bond donors (Lipinski definition) is 0. The van der Waals surface area contributed by atoms with Crippen LogP contribution in [0.3, 0.4) is 0 Å². The first-order valence-corrected chi connectivity index (χ1v) is 9.30. The summed E-state index contributed by atoms with van der Waals surface area (Å²) in [7, 11) is -3.83. The summed E-state index contributed by atoms with van der Waals surface area (Å²) in [5.41, 5.74) is 1.06. The van der Waals surface area contributed by atoms with Crippen LogP contribution in [0, 0.1) is 23.0 Å². The van der Waals surface area contributed by atoms with Crippen LogP contribution in [-0.4, -0.2) is 8.42 Å². The Morgan fingerprint density at radius 3 is 1.59 bits per heavy atom. The predicted octanol–water partition coefficient (Wildman–Crippen LogP) is 3.70. The van der Waals surface area contributed by atoms with Crippen molar-refractivity contribution in [2.75, 3.05) is 0 Å². The Morgan fingerprint density at radius 1 is 0.852 bits per heavy atom. The fraction of sp³-hybridized carbons (Fsp3) is 0.100. The van der Waals surface area contributed by atoms with Crippen molar-refractivity contribution in [2.45, 2.75) is 22.6 Å². The fourth-order valence-corrected chi connectivity index (χ4v) is 3.87. The van der Waals surface area contributed by atoms with Gasteiger partial charge in [0.1, 0.15) is 11.5 Å². The van der Waals surface area contributed by atoms with E-state index in [1.165, 1.54) is 36.4 Å². The van der Waals surface area contributed by atoms with Gasteiger partial charge in [-0.15, -0.1) is 23.7 Å². The van der Waals surface area contributed by atoms with E-state index in [2.05, 4.69) is 13.2 Å². The molecular weight excluding hydrogens is 364 g/mol. The van der Waals surface area contributed by atoms with Gasteiger partial charge in [0.2, 0.25) is 9.84 Å². The third kappa shape index (κ3) is 4.35. The quantitative estimate of drug-likeness (QED) is 0.511. The highest BCUT2D eigenvalue weighted by molar-refractivity contribution is 7.91. The van der Waals surface area contributed by atoms with E-state index in [1.807, 2.05) is 0 Å². The first-order valence-electron chi connectivity index (χ1n) is 7.82. The molecule has 0 spiro atoms. The van der Waals surface area contributed by atoms with Crippen LogP contribution in [0.5, 0.6) is 11.5 Å². The lowest BCUT2D eigenvalue weighted by Crippen LogP contribution is -2.05. The van der Waals surface area contributed by atoms with Crippen LogP contribution < -0.4 is 9.47 Å². The minimum atomic E-state index is -3.83. The zero-order chi connectivity index (χ0) is 19.9. The Bertz CT molecular complexity index is 981. The number of nitrogens with zero attached hydrogens (tertiary/aromatic N) is 2. The maximum absolute atomic E-state index is 13.0. The highest BCUT2D eigenvalue weighted by atomic mass is 32.2. The Balaban J connectivity index is 2.55. The molecule has 0 aliphatic carbocycles. The molecule has 0 aromatic heterocycles. The molecule has 7 heteroatoms. The summed E-state index contributed by atoms with van der Waals surface area (Å²) >= 11 is 0. The van der Waals surface area contributed by atoms with Gasteiger partial charge in [0, 0.05) is 11.1 Å². The number of ether oxygens (including phenoxy) is 2. The molecule has 6 nitrogen and oxygen atoms in total. The Hall–Kier alpha value is -3.55. The second kappa shape index (κ2) is 8.70. The molecule has 0 unspecified atom stereocenters. The van der Waals surface area contributed by atoms with Gasteiger partial charge in [-0.25, -0.2) is 8.42 Å². The summed E-state index contributed by atoms with van der Waals surface area (Å²) in [5, 5.41) is 17.4. The van der Waals surface area contributed by atoms with Crippen molar-refractivity contribution in [3.05, 3.63) is 72.8 Å². The third-order valence-corrected chi connectivity index (χ3v) is 5.47. The molecule has 0 N–H and O–H groups in total. The monoisotopic (exact) mass is 380 g/mol. The van der Waals surface area contributed by atoms with E-state index in [9.17, 15) is 8.42 Å². The van der Waals surface area contributed by atoms with Crippen molar-refractivity contribution in [3.63, 3.8) is 0 Å². The van der Waals surface area contributed by atoms with E-state index < -0.39 is 9.84 Å². The largest absolute Gasteiger partial charge is 0.388 e. The lowest BCUT2D eigenvalue weighted by molar-refractivity contribution is 0.501. The molecule has 2 aromatic rings. The maximum atomic E-state index is 13.0. The molecule has 0 bridgehead atoms. The number of benzene rings is 2. The van der Waals surface area contributed by atoms with Gasteiger partial charge in [0.05, 0.1) is 9.79 Å². The zero-order valence-electron chi connectivity index (χ0n) is 14.4. The zero-order valence-corrected chi connectivity index (χ0v) is 15.2. The molecule has 0 saturated heterocycles. The first kappa shape index (κ1) is 19.8. The summed E-state index contributed by atoms with van der Waals surface area (Å²) in [5.74, 6) is 0.558. The van der Waals surface area contributed by atoms with Gasteiger partial charge >= 0.3 is 0 Å². The molecule has 0 amide bonds. The molecule has 2 aromatic carbocycles. The molecular formula is C20H16N2O4S. The summed E-state index contributed by atoms with van der Waals surface area (Å²) in [4.78, 5) is 0.117. The van der Waals surface area contributed by atoms with Gasteiger partial charge in [0.25, 0.3) is 12.5 Å². The lowest BCUT2D eigenvalue weighted by atomic mass is 10.1. The average Bonchev–Trinajstić information content (AvgIpc) is 2.65. The summed E-state index contributed by atoms with van der Waals surface area (Å²) < 4.78 is 35.8. The number of hydrogen-bond acceptors (Lipinski definition) is 6. The van der Waals surface area contributed by atoms with Gasteiger partial charge in [-0.1, -0.05) is 12.2 Å². The van der Waals surface area contributed by atoms with Gasteiger partial charge in [0.15, 0.2) is 0 Å². The standard InChI is InChI=1S/C20H16N2O4S/c1-3-5-15-11-17(7-9-19(15)25-13-21)27(23,24)18-8-10-20(26-14-22)16(12-18)6-4-2/h3-4,7-12H,1-2,5-6H2. The average molecular weight is 380 g/mol. The minimum Gasteiger partial charge on any atom is -0.388 e. The lowest BCUT2D eigenvalue weighted by Gasteiger charge is -2.11. The van der Waals surface area contributed by atoms with Crippen LogP contribution in [-0.2, 0) is 22.7 Å². The van der Waals surface area contributed by atoms with E-state index in [-0.39, 0.29) is 21.3 Å². The molecule has 2 rings (SSSR count). The number of nitriles is 2. The fourth-order valence-electron chi connectivity index (χ4n) is 2.51. The molecule has 0 aliphatic rings. The molecule has 27 heavy (non-hydrogen) atoms. The van der Waals surface area contributed by atoms with Gasteiger partial charge < -0.3 is 9.47 Å². The smallest absolute Gasteiger partial charge is 0.292 e. The molecule has 0 aliphatic heterocycles. The van der Waals surface area contributed by atoms with Crippen LogP contribution in [0.15, 0.2) is 71.5 Å². The van der Waals surface area contributed by atoms with Crippen LogP contribution in [0.1, 0.15) is 11.1 Å². The highest BCUT2D eigenvalue weighted by Gasteiger charge is 2.21. The molecule has 0 radical (unpaired) electrons. The second-order valence-electron chi connectivity index (χ2n) is 5.41. The van der Waals surface area contributed by atoms with Crippen LogP contribution in [0.2, 0.25) is 0 Å². The Labute approximate surface area is 158 Å². The van der Waals surface area contributed by atoms with Crippen LogP contribution in [0.25, 0.3) is 0 Å². The van der Waals surface area contributed by atoms with E-state index >= 15 is 0 Å². The Kier molecular flexibility index (Phi) is 6.37. The summed E-state index contributed by atoms with van der Waals surface area (Å²) in [6.45, 7) is 7.26. The summed E-state index contributed by atoms with van der Waals surface area (Å²) in [6, 6.07) is 8.54. The number of allylic oxidation sites excluding steroid dienone is 2. The number of sulfone groups is 1. The van der Waals surface area contributed by atoms with Crippen molar-refractivity contribution < 1.29 is 17.9 Å².